The van der Waals surface area contributed by atoms with E-state index < -0.39 is 10.8 Å². The summed E-state index contributed by atoms with van der Waals surface area (Å²) >= 11 is 3.76. The maximum Gasteiger partial charge on any atom is 0.132 e. The van der Waals surface area contributed by atoms with Crippen LogP contribution < -0.4 is 9.64 Å². The molecule has 10 aromatic carbocycles. The fourth-order valence-electron chi connectivity index (χ4n) is 12.3. The van der Waals surface area contributed by atoms with Gasteiger partial charge >= 0.3 is 0 Å². The first-order valence-corrected chi connectivity index (χ1v) is 24.3. The molecule has 2 aliphatic carbocycles. The van der Waals surface area contributed by atoms with Gasteiger partial charge in [0.05, 0.1) is 16.5 Å². The summed E-state index contributed by atoms with van der Waals surface area (Å²) in [4.78, 5) is 5.16. The molecule has 3 heterocycles. The Hall–Kier alpha value is -7.63. The van der Waals surface area contributed by atoms with E-state index >= 15 is 0 Å². The molecular formula is C62H37NOS2. The van der Waals surface area contributed by atoms with Crippen molar-refractivity contribution in [3.63, 3.8) is 0 Å². The highest BCUT2D eigenvalue weighted by atomic mass is 32.2. The first-order valence-electron chi connectivity index (χ1n) is 22.7. The second kappa shape index (κ2) is 13.5. The van der Waals surface area contributed by atoms with E-state index in [4.69, 9.17) is 4.74 Å². The standard InChI is InChI=1S/C62H37NOS2/c1-4-19-45-40(16-1)43-36-38(32-34-47(43)61(45)49-21-6-10-26-54(49)64-55-27-11-7-22-50(55)61)63(53-25-15-31-59-60(53)42-18-3-12-28-56(42)65-59)39-33-35-48-44(37-39)41-17-2-5-20-46(41)62(48)51-23-8-13-29-57(51)66-58-30-14-9-24-52(58)62/h1-37H. The molecule has 2 spiro atoms. The number of para-hydroxylation sites is 2. The van der Waals surface area contributed by atoms with Crippen molar-refractivity contribution in [2.75, 3.05) is 4.90 Å². The molecule has 0 radical (unpaired) electrons. The summed E-state index contributed by atoms with van der Waals surface area (Å²) in [6.45, 7) is 0. The zero-order valence-electron chi connectivity index (χ0n) is 35.5. The Balaban J connectivity index is 1.01. The molecule has 0 saturated carbocycles. The van der Waals surface area contributed by atoms with Crippen LogP contribution in [0.15, 0.2) is 234 Å². The normalized spacial score (nSPS) is 14.7. The summed E-state index contributed by atoms with van der Waals surface area (Å²) < 4.78 is 9.24. The lowest BCUT2D eigenvalue weighted by Crippen LogP contribution is -2.32. The predicted octanol–water partition coefficient (Wildman–Crippen LogP) is 16.8. The van der Waals surface area contributed by atoms with Crippen molar-refractivity contribution in [3.05, 3.63) is 269 Å². The summed E-state index contributed by atoms with van der Waals surface area (Å²) in [5.74, 6) is 1.80. The van der Waals surface area contributed by atoms with E-state index in [1.54, 1.807) is 0 Å². The molecule has 4 aliphatic rings. The maximum atomic E-state index is 6.67. The molecule has 15 rings (SSSR count). The van der Waals surface area contributed by atoms with Crippen molar-refractivity contribution in [3.8, 4) is 33.8 Å². The Morgan fingerprint density at radius 1 is 0.348 bits per heavy atom. The average molecular weight is 876 g/mol. The number of hydrogen-bond acceptors (Lipinski definition) is 4. The monoisotopic (exact) mass is 875 g/mol. The number of fused-ring (bicyclic) bond motifs is 21. The van der Waals surface area contributed by atoms with Crippen LogP contribution in [0.5, 0.6) is 11.5 Å². The van der Waals surface area contributed by atoms with E-state index in [-0.39, 0.29) is 0 Å². The molecule has 0 bridgehead atoms. The zero-order chi connectivity index (χ0) is 43.1. The van der Waals surface area contributed by atoms with Crippen molar-refractivity contribution in [1.29, 1.82) is 0 Å². The molecule has 0 unspecified atom stereocenters. The lowest BCUT2D eigenvalue weighted by atomic mass is 9.66. The average Bonchev–Trinajstić information content (AvgIpc) is 4.00. The molecule has 2 aliphatic heterocycles. The fourth-order valence-corrected chi connectivity index (χ4v) is 14.7. The predicted molar refractivity (Wildman–Crippen MR) is 273 cm³/mol. The third-order valence-corrected chi connectivity index (χ3v) is 17.1. The van der Waals surface area contributed by atoms with Gasteiger partial charge in [-0.2, -0.15) is 0 Å². The Labute approximate surface area is 391 Å². The minimum atomic E-state index is -0.541. The molecule has 11 aromatic rings. The molecular weight excluding hydrogens is 839 g/mol. The van der Waals surface area contributed by atoms with Crippen LogP contribution in [0.4, 0.5) is 17.1 Å². The molecule has 66 heavy (non-hydrogen) atoms. The second-order valence-electron chi connectivity index (χ2n) is 17.8. The summed E-state index contributed by atoms with van der Waals surface area (Å²) in [7, 11) is 0. The van der Waals surface area contributed by atoms with Crippen LogP contribution in [-0.4, -0.2) is 0 Å². The largest absolute Gasteiger partial charge is 0.457 e. The topological polar surface area (TPSA) is 12.5 Å². The van der Waals surface area contributed by atoms with Gasteiger partial charge in [-0.3, -0.25) is 0 Å². The van der Waals surface area contributed by atoms with E-state index in [0.29, 0.717) is 0 Å². The lowest BCUT2D eigenvalue weighted by Gasteiger charge is -2.39. The molecule has 4 heteroatoms. The highest BCUT2D eigenvalue weighted by Crippen LogP contribution is 2.65. The number of nitrogens with zero attached hydrogens (tertiary/aromatic N) is 1. The van der Waals surface area contributed by atoms with Crippen molar-refractivity contribution in [2.45, 2.75) is 20.6 Å². The van der Waals surface area contributed by atoms with Crippen molar-refractivity contribution >= 4 is 60.3 Å². The maximum absolute atomic E-state index is 6.67. The van der Waals surface area contributed by atoms with Gasteiger partial charge in [0.1, 0.15) is 11.5 Å². The highest BCUT2D eigenvalue weighted by Gasteiger charge is 2.52. The smallest absolute Gasteiger partial charge is 0.132 e. The van der Waals surface area contributed by atoms with Crippen LogP contribution in [0.3, 0.4) is 0 Å². The highest BCUT2D eigenvalue weighted by molar-refractivity contribution is 7.99. The van der Waals surface area contributed by atoms with E-state index in [2.05, 4.69) is 229 Å². The van der Waals surface area contributed by atoms with Crippen LogP contribution in [0, 0.1) is 0 Å². The molecule has 0 atom stereocenters. The molecule has 0 N–H and O–H groups in total. The van der Waals surface area contributed by atoms with Crippen LogP contribution in [0.25, 0.3) is 42.4 Å². The Bertz CT molecular complexity index is 3590. The molecule has 308 valence electrons. The molecule has 0 amide bonds. The fraction of sp³-hybridized carbons (Fsp3) is 0.0323. The minimum Gasteiger partial charge on any atom is -0.457 e. The summed E-state index contributed by atoms with van der Waals surface area (Å²) in [5, 5.41) is 2.55. The third kappa shape index (κ3) is 4.62. The van der Waals surface area contributed by atoms with E-state index in [9.17, 15) is 0 Å². The molecule has 2 nitrogen and oxygen atoms in total. The van der Waals surface area contributed by atoms with Gasteiger partial charge in [-0.05, 0) is 122 Å². The SMILES string of the molecule is c1ccc2c(c1)Oc1ccccc1C21c2ccccc2-c2cc(N(c3ccc4c(c3)-c3ccccc3C43c4ccccc4Sc4ccccc43)c3cccc4sc5ccccc5c34)ccc21. The zero-order valence-corrected chi connectivity index (χ0v) is 37.2. The number of benzene rings is 10. The van der Waals surface area contributed by atoms with Gasteiger partial charge in [-0.1, -0.05) is 169 Å². The van der Waals surface area contributed by atoms with Crippen LogP contribution in [-0.2, 0) is 10.8 Å². The number of hydrogen-bond donors (Lipinski definition) is 0. The Morgan fingerprint density at radius 3 is 1.41 bits per heavy atom. The van der Waals surface area contributed by atoms with Gasteiger partial charge in [0.25, 0.3) is 0 Å². The quantitative estimate of drug-likeness (QED) is 0.175. The van der Waals surface area contributed by atoms with Gasteiger partial charge in [-0.25, -0.2) is 0 Å². The van der Waals surface area contributed by atoms with Gasteiger partial charge in [-0.15, -0.1) is 11.3 Å². The van der Waals surface area contributed by atoms with E-state index in [1.807, 2.05) is 23.1 Å². The Morgan fingerprint density at radius 2 is 0.803 bits per heavy atom. The number of thiophene rings is 1. The van der Waals surface area contributed by atoms with Crippen LogP contribution >= 0.6 is 23.1 Å². The third-order valence-electron chi connectivity index (χ3n) is 14.8. The minimum absolute atomic E-state index is 0.445. The lowest BCUT2D eigenvalue weighted by molar-refractivity contribution is 0.436. The van der Waals surface area contributed by atoms with E-state index in [1.165, 1.54) is 102 Å². The van der Waals surface area contributed by atoms with Gasteiger partial charge in [0.15, 0.2) is 0 Å². The van der Waals surface area contributed by atoms with E-state index in [0.717, 1.165) is 22.9 Å². The van der Waals surface area contributed by atoms with Crippen LogP contribution in [0.1, 0.15) is 44.5 Å². The summed E-state index contributed by atoms with van der Waals surface area (Å²) in [6, 6.07) is 83.8. The van der Waals surface area contributed by atoms with Gasteiger partial charge < -0.3 is 9.64 Å². The summed E-state index contributed by atoms with van der Waals surface area (Å²) in [6.07, 6.45) is 0. The van der Waals surface area contributed by atoms with Crippen molar-refractivity contribution in [2.24, 2.45) is 0 Å². The van der Waals surface area contributed by atoms with Gasteiger partial charge in [0.2, 0.25) is 0 Å². The number of rotatable bonds is 3. The molecule has 1 aromatic heterocycles. The second-order valence-corrected chi connectivity index (χ2v) is 20.0. The molecule has 0 saturated heterocycles. The summed E-state index contributed by atoms with van der Waals surface area (Å²) in [5.41, 5.74) is 17.7. The van der Waals surface area contributed by atoms with Crippen LogP contribution in [0.2, 0.25) is 0 Å². The van der Waals surface area contributed by atoms with Crippen molar-refractivity contribution < 1.29 is 4.74 Å². The number of ether oxygens (including phenoxy) is 1. The first-order chi connectivity index (χ1) is 32.7. The number of anilines is 3. The molecule has 0 fully saturated rings. The van der Waals surface area contributed by atoms with Gasteiger partial charge in [0, 0.05) is 52.5 Å². The van der Waals surface area contributed by atoms with Crippen molar-refractivity contribution in [1.82, 2.24) is 0 Å². The Kier molecular flexibility index (Phi) is 7.48. The first kappa shape index (κ1) is 36.7.